The molecule has 0 bridgehead atoms. The van der Waals surface area contributed by atoms with Crippen molar-refractivity contribution in [3.05, 3.63) is 0 Å². The molecular weight excluding hydrogens is 183 g/mol. The van der Waals surface area contributed by atoms with Crippen LogP contribution in [0.4, 0.5) is 0 Å². The topological polar surface area (TPSA) is 0 Å². The molecule has 0 aliphatic heterocycles. The fourth-order valence-electron chi connectivity index (χ4n) is 0.224. The summed E-state index contributed by atoms with van der Waals surface area (Å²) in [5.41, 5.74) is 0. The first-order chi connectivity index (χ1) is 3.91. The zero-order valence-electron chi connectivity index (χ0n) is 5.23. The number of hydrogen-bond donors (Lipinski definition) is 0. The van der Waals surface area contributed by atoms with Crippen LogP contribution in [0, 0.1) is 10.1 Å². The Hall–Kier alpha value is 0.429. The van der Waals surface area contributed by atoms with Gasteiger partial charge in [0.15, 0.2) is 0 Å². The molecule has 0 aliphatic carbocycles. The van der Waals surface area contributed by atoms with Gasteiger partial charge in [-0.15, -0.1) is 0 Å². The van der Waals surface area contributed by atoms with Gasteiger partial charge in [0.05, 0.1) is 0 Å². The molecule has 46 valence electrons. The molecule has 8 heavy (non-hydrogen) atoms. The van der Waals surface area contributed by atoms with Crippen molar-refractivity contribution in [2.24, 2.45) is 0 Å². The number of hydrogen-bond acceptors (Lipinski definition) is 1. The Morgan fingerprint density at radius 1 is 1.62 bits per heavy atom. The first-order valence-electron chi connectivity index (χ1n) is 2.56. The van der Waals surface area contributed by atoms with Gasteiger partial charge < -0.3 is 0 Å². The van der Waals surface area contributed by atoms with Crippen LogP contribution in [0.5, 0.6) is 0 Å². The number of rotatable bonds is 2. The Bertz CT molecular complexity index is 90.4. The third-order valence-corrected chi connectivity index (χ3v) is 2.31. The van der Waals surface area contributed by atoms with Gasteiger partial charge in [-0.2, -0.15) is 0 Å². The van der Waals surface area contributed by atoms with Crippen molar-refractivity contribution >= 4 is 26.7 Å². The Morgan fingerprint density at radius 3 is 2.88 bits per heavy atom. The van der Waals surface area contributed by atoms with Crippen LogP contribution in [0.1, 0.15) is 13.3 Å². The molecule has 0 fully saturated rings. The summed E-state index contributed by atoms with van der Waals surface area (Å²) in [7, 11) is 0. The predicted molar refractivity (Wildman–Crippen MR) is 42.1 cm³/mol. The van der Waals surface area contributed by atoms with E-state index in [1.54, 1.807) is 11.8 Å². The monoisotopic (exact) mass is 194 g/mol. The third-order valence-electron chi connectivity index (χ3n) is 0.522. The summed E-state index contributed by atoms with van der Waals surface area (Å²) in [5, 5.41) is 3.03. The molecule has 0 aromatic carbocycles. The fraction of sp³-hybridized carbons (Fsp3) is 0.667. The van der Waals surface area contributed by atoms with Gasteiger partial charge in [-0.25, -0.2) is 0 Å². The summed E-state index contributed by atoms with van der Waals surface area (Å²) < 4.78 is 0. The van der Waals surface area contributed by atoms with Crippen molar-refractivity contribution in [3.8, 4) is 10.1 Å². The second-order valence-corrected chi connectivity index (χ2v) is 3.44. The molecule has 0 aliphatic rings. The van der Waals surface area contributed by atoms with Gasteiger partial charge in [-0.3, -0.25) is 0 Å². The molecular formula is C6H10SSe. The standard InChI is InChI=1S/C6H10SSe/c1-3-4-7-5-6-8-2/h3-4H2,1-2H3. The molecule has 0 spiro atoms. The van der Waals surface area contributed by atoms with Gasteiger partial charge in [0.1, 0.15) is 0 Å². The van der Waals surface area contributed by atoms with Crippen molar-refractivity contribution in [2.45, 2.75) is 19.2 Å². The maximum atomic E-state index is 3.06. The normalized spacial score (nSPS) is 7.75. The molecule has 0 saturated heterocycles. The second-order valence-electron chi connectivity index (χ2n) is 1.26. The van der Waals surface area contributed by atoms with E-state index in [4.69, 9.17) is 0 Å². The minimum absolute atomic E-state index is 0.542. The summed E-state index contributed by atoms with van der Waals surface area (Å²) in [6, 6.07) is 0. The van der Waals surface area contributed by atoms with Gasteiger partial charge >= 0.3 is 61.7 Å². The quantitative estimate of drug-likeness (QED) is 0.366. The molecule has 0 N–H and O–H groups in total. The van der Waals surface area contributed by atoms with Gasteiger partial charge in [-0.1, -0.05) is 0 Å². The maximum absolute atomic E-state index is 3.06. The molecule has 0 rings (SSSR count). The molecule has 0 aromatic heterocycles. The van der Waals surface area contributed by atoms with Crippen LogP contribution in [0.3, 0.4) is 0 Å². The van der Waals surface area contributed by atoms with E-state index in [1.165, 1.54) is 12.2 Å². The van der Waals surface area contributed by atoms with E-state index < -0.39 is 0 Å². The van der Waals surface area contributed by atoms with Crippen LogP contribution < -0.4 is 0 Å². The third kappa shape index (κ3) is 6.43. The van der Waals surface area contributed by atoms with E-state index in [2.05, 4.69) is 22.8 Å². The van der Waals surface area contributed by atoms with E-state index in [9.17, 15) is 0 Å². The van der Waals surface area contributed by atoms with Crippen molar-refractivity contribution in [2.75, 3.05) is 5.75 Å². The average Bonchev–Trinajstić information content (AvgIpc) is 1.81. The molecule has 0 nitrogen and oxygen atoms in total. The first-order valence-corrected chi connectivity index (χ1v) is 6.12. The predicted octanol–water partition coefficient (Wildman–Crippen LogP) is 1.80. The van der Waals surface area contributed by atoms with Crippen LogP contribution in [0.25, 0.3) is 0 Å². The fourth-order valence-corrected chi connectivity index (χ4v) is 1.57. The Balaban J connectivity index is 2.90. The van der Waals surface area contributed by atoms with Gasteiger partial charge in [0.25, 0.3) is 0 Å². The van der Waals surface area contributed by atoms with E-state index in [0.29, 0.717) is 15.0 Å². The molecule has 0 aromatic rings. The van der Waals surface area contributed by atoms with Crippen molar-refractivity contribution in [1.82, 2.24) is 0 Å². The first kappa shape index (κ1) is 8.43. The second kappa shape index (κ2) is 7.43. The molecule has 0 amide bonds. The average molecular weight is 193 g/mol. The van der Waals surface area contributed by atoms with E-state index in [0.717, 1.165) is 0 Å². The van der Waals surface area contributed by atoms with Crippen molar-refractivity contribution in [3.63, 3.8) is 0 Å². The zero-order chi connectivity index (χ0) is 6.24. The Kier molecular flexibility index (Phi) is 7.83. The van der Waals surface area contributed by atoms with Crippen LogP contribution in [0.15, 0.2) is 0 Å². The minimum atomic E-state index is 0.542. The van der Waals surface area contributed by atoms with Crippen LogP contribution in [-0.2, 0) is 0 Å². The van der Waals surface area contributed by atoms with E-state index in [-0.39, 0.29) is 0 Å². The Labute approximate surface area is 62.0 Å². The summed E-state index contributed by atoms with van der Waals surface area (Å²) in [5.74, 6) is 3.32. The van der Waals surface area contributed by atoms with Crippen LogP contribution in [0.2, 0.25) is 5.82 Å². The van der Waals surface area contributed by atoms with Crippen LogP contribution >= 0.6 is 11.8 Å². The Morgan fingerprint density at radius 2 is 2.38 bits per heavy atom. The summed E-state index contributed by atoms with van der Waals surface area (Å²) in [6.45, 7) is 2.17. The van der Waals surface area contributed by atoms with Crippen molar-refractivity contribution < 1.29 is 0 Å². The zero-order valence-corrected chi connectivity index (χ0v) is 7.76. The molecule has 0 unspecified atom stereocenters. The summed E-state index contributed by atoms with van der Waals surface area (Å²) >= 11 is 2.27. The van der Waals surface area contributed by atoms with E-state index in [1.807, 2.05) is 0 Å². The van der Waals surface area contributed by atoms with Gasteiger partial charge in [-0.05, 0) is 0 Å². The number of thioether (sulfide) groups is 1. The summed E-state index contributed by atoms with van der Waals surface area (Å²) in [4.78, 5) is 3.06. The van der Waals surface area contributed by atoms with Crippen LogP contribution in [-0.4, -0.2) is 20.7 Å². The van der Waals surface area contributed by atoms with E-state index >= 15 is 0 Å². The molecule has 0 atom stereocenters. The molecule has 0 radical (unpaired) electrons. The summed E-state index contributed by atoms with van der Waals surface area (Å²) in [6.07, 6.45) is 1.23. The molecule has 0 heterocycles. The van der Waals surface area contributed by atoms with Gasteiger partial charge in [0.2, 0.25) is 0 Å². The SMILES string of the molecule is CCCSC#C[Se]C. The molecule has 2 heteroatoms. The van der Waals surface area contributed by atoms with Crippen molar-refractivity contribution in [1.29, 1.82) is 0 Å². The van der Waals surface area contributed by atoms with Gasteiger partial charge in [0, 0.05) is 0 Å². The molecule has 0 saturated carbocycles.